The molecule has 0 spiro atoms. The lowest BCUT2D eigenvalue weighted by atomic mass is 10.2. The highest BCUT2D eigenvalue weighted by Gasteiger charge is 2.17. The van der Waals surface area contributed by atoms with Crippen molar-refractivity contribution in [2.24, 2.45) is 0 Å². The molecule has 2 aromatic rings. The molecule has 0 aliphatic heterocycles. The highest BCUT2D eigenvalue weighted by atomic mass is 35.5. The summed E-state index contributed by atoms with van der Waals surface area (Å²) in [5.74, 6) is 0.440. The average molecular weight is 266 g/mol. The second-order valence-electron chi connectivity index (χ2n) is 3.85. The van der Waals surface area contributed by atoms with E-state index in [9.17, 15) is 4.79 Å². The van der Waals surface area contributed by atoms with Gasteiger partial charge in [-0.05, 0) is 18.2 Å². The molecule has 0 unspecified atom stereocenters. The van der Waals surface area contributed by atoms with Gasteiger partial charge in [0.25, 0.3) is 5.91 Å². The fourth-order valence-corrected chi connectivity index (χ4v) is 1.71. The summed E-state index contributed by atoms with van der Waals surface area (Å²) < 4.78 is 5.18. The van der Waals surface area contributed by atoms with E-state index in [0.717, 1.165) is 0 Å². The maximum absolute atomic E-state index is 12.1. The number of nitrogen functional groups attached to an aromatic ring is 1. The van der Waals surface area contributed by atoms with Crippen LogP contribution in [0.1, 0.15) is 16.1 Å². The Kier molecular flexibility index (Phi) is 3.53. The maximum Gasteiger partial charge on any atom is 0.257 e. The van der Waals surface area contributed by atoms with Crippen LogP contribution in [0.25, 0.3) is 0 Å². The molecule has 2 rings (SSSR count). The lowest BCUT2D eigenvalue weighted by molar-refractivity contribution is 0.0775. The van der Waals surface area contributed by atoms with Gasteiger partial charge in [-0.2, -0.15) is 0 Å². The third-order valence-corrected chi connectivity index (χ3v) is 2.71. The topological polar surface area (TPSA) is 72.4 Å². The van der Waals surface area contributed by atoms with E-state index in [-0.39, 0.29) is 16.6 Å². The second kappa shape index (κ2) is 5.10. The number of rotatable bonds is 3. The van der Waals surface area contributed by atoms with Gasteiger partial charge < -0.3 is 15.1 Å². The van der Waals surface area contributed by atoms with Crippen LogP contribution in [0.4, 0.5) is 5.69 Å². The molecule has 0 saturated heterocycles. The molecule has 1 amide bonds. The van der Waals surface area contributed by atoms with Gasteiger partial charge in [-0.3, -0.25) is 4.79 Å². The molecule has 0 aliphatic carbocycles. The first-order valence-corrected chi connectivity index (χ1v) is 5.64. The number of nitrogens with two attached hydrogens (primary N) is 1. The molecule has 0 bridgehead atoms. The molecule has 0 aliphatic rings. The van der Waals surface area contributed by atoms with E-state index in [4.69, 9.17) is 21.8 Å². The van der Waals surface area contributed by atoms with Crippen molar-refractivity contribution in [3.05, 3.63) is 47.1 Å². The molecule has 0 saturated carbocycles. The number of carbonyl (C=O) groups excluding carboxylic acids is 1. The number of anilines is 1. The lowest BCUT2D eigenvalue weighted by Gasteiger charge is -2.16. The zero-order valence-corrected chi connectivity index (χ0v) is 10.5. The van der Waals surface area contributed by atoms with Crippen LogP contribution in [0.2, 0.25) is 5.15 Å². The number of furan rings is 1. The summed E-state index contributed by atoms with van der Waals surface area (Å²) in [7, 11) is 1.66. The molecule has 0 aromatic carbocycles. The number of carbonyl (C=O) groups is 1. The Morgan fingerprint density at radius 1 is 1.61 bits per heavy atom. The maximum atomic E-state index is 12.1. The standard InChI is InChI=1S/C12H12ClN3O2/c1-16(7-9-3-2-4-18-9)12(17)10-5-8(14)6-15-11(10)13/h2-6H,7,14H2,1H3. The molecule has 2 N–H and O–H groups in total. The molecule has 6 heteroatoms. The smallest absolute Gasteiger partial charge is 0.257 e. The minimum atomic E-state index is -0.254. The van der Waals surface area contributed by atoms with Crippen LogP contribution in [0.5, 0.6) is 0 Å². The fraction of sp³-hybridized carbons (Fsp3) is 0.167. The van der Waals surface area contributed by atoms with Crippen LogP contribution in [-0.4, -0.2) is 22.8 Å². The van der Waals surface area contributed by atoms with E-state index in [2.05, 4.69) is 4.98 Å². The van der Waals surface area contributed by atoms with Crippen molar-refractivity contribution in [2.45, 2.75) is 6.54 Å². The van der Waals surface area contributed by atoms with Crippen molar-refractivity contribution in [1.29, 1.82) is 0 Å². The van der Waals surface area contributed by atoms with E-state index < -0.39 is 0 Å². The molecule has 5 nitrogen and oxygen atoms in total. The monoisotopic (exact) mass is 265 g/mol. The highest BCUT2D eigenvalue weighted by Crippen LogP contribution is 2.18. The Labute approximate surface area is 109 Å². The van der Waals surface area contributed by atoms with Gasteiger partial charge in [0.1, 0.15) is 10.9 Å². The van der Waals surface area contributed by atoms with E-state index in [0.29, 0.717) is 18.0 Å². The van der Waals surface area contributed by atoms with Gasteiger partial charge in [0.05, 0.1) is 30.3 Å². The fourth-order valence-electron chi connectivity index (χ4n) is 1.53. The second-order valence-corrected chi connectivity index (χ2v) is 4.21. The van der Waals surface area contributed by atoms with Crippen molar-refractivity contribution in [3.8, 4) is 0 Å². The molecule has 2 aromatic heterocycles. The van der Waals surface area contributed by atoms with Crippen molar-refractivity contribution < 1.29 is 9.21 Å². The van der Waals surface area contributed by atoms with Crippen molar-refractivity contribution in [3.63, 3.8) is 0 Å². The summed E-state index contributed by atoms with van der Waals surface area (Å²) >= 11 is 5.88. The van der Waals surface area contributed by atoms with Crippen molar-refractivity contribution >= 4 is 23.2 Å². The SMILES string of the molecule is CN(Cc1ccco1)C(=O)c1cc(N)cnc1Cl. The number of hydrogen-bond acceptors (Lipinski definition) is 4. The Hall–Kier alpha value is -2.01. The van der Waals surface area contributed by atoms with Crippen LogP contribution in [-0.2, 0) is 6.54 Å². The van der Waals surface area contributed by atoms with Crippen LogP contribution in [0, 0.1) is 0 Å². The Bertz CT molecular complexity index is 554. The first-order chi connectivity index (χ1) is 8.58. The van der Waals surface area contributed by atoms with Crippen LogP contribution in [0.15, 0.2) is 35.1 Å². The lowest BCUT2D eigenvalue weighted by Crippen LogP contribution is -2.26. The van der Waals surface area contributed by atoms with Crippen LogP contribution in [0.3, 0.4) is 0 Å². The van der Waals surface area contributed by atoms with Gasteiger partial charge in [0.15, 0.2) is 0 Å². The first kappa shape index (κ1) is 12.4. The predicted molar refractivity (Wildman–Crippen MR) is 68.2 cm³/mol. The van der Waals surface area contributed by atoms with Gasteiger partial charge in [-0.1, -0.05) is 11.6 Å². The molecule has 0 fully saturated rings. The minimum Gasteiger partial charge on any atom is -0.467 e. The van der Waals surface area contributed by atoms with E-state index in [1.54, 1.807) is 25.4 Å². The number of amides is 1. The molecule has 18 heavy (non-hydrogen) atoms. The minimum absolute atomic E-state index is 0.139. The Balaban J connectivity index is 2.17. The summed E-state index contributed by atoms with van der Waals surface area (Å²) in [6, 6.07) is 5.07. The van der Waals surface area contributed by atoms with E-state index in [1.807, 2.05) is 0 Å². The van der Waals surface area contributed by atoms with Gasteiger partial charge in [-0.15, -0.1) is 0 Å². The first-order valence-electron chi connectivity index (χ1n) is 5.27. The summed E-state index contributed by atoms with van der Waals surface area (Å²) in [6.45, 7) is 0.358. The van der Waals surface area contributed by atoms with Crippen LogP contribution >= 0.6 is 11.6 Å². The third kappa shape index (κ3) is 2.62. The molecule has 94 valence electrons. The number of pyridine rings is 1. The molecule has 0 atom stereocenters. The van der Waals surface area contributed by atoms with Gasteiger partial charge in [0, 0.05) is 7.05 Å². The molecule has 0 radical (unpaired) electrons. The summed E-state index contributed by atoms with van der Waals surface area (Å²) in [5, 5.41) is 0.139. The van der Waals surface area contributed by atoms with Gasteiger partial charge >= 0.3 is 0 Å². The largest absolute Gasteiger partial charge is 0.467 e. The molecule has 2 heterocycles. The summed E-state index contributed by atoms with van der Waals surface area (Å²) in [4.78, 5) is 17.5. The third-order valence-electron chi connectivity index (χ3n) is 2.41. The summed E-state index contributed by atoms with van der Waals surface area (Å²) in [5.41, 5.74) is 6.27. The van der Waals surface area contributed by atoms with Crippen molar-refractivity contribution in [2.75, 3.05) is 12.8 Å². The zero-order valence-electron chi connectivity index (χ0n) is 9.76. The Morgan fingerprint density at radius 2 is 2.39 bits per heavy atom. The van der Waals surface area contributed by atoms with Gasteiger partial charge in [0.2, 0.25) is 0 Å². The number of aromatic nitrogens is 1. The normalized spacial score (nSPS) is 10.3. The average Bonchev–Trinajstić information content (AvgIpc) is 2.84. The quantitative estimate of drug-likeness (QED) is 0.864. The predicted octanol–water partition coefficient (Wildman–Crippen LogP) is 2.18. The van der Waals surface area contributed by atoms with E-state index >= 15 is 0 Å². The molecular formula is C12H12ClN3O2. The number of nitrogens with zero attached hydrogens (tertiary/aromatic N) is 2. The number of hydrogen-bond donors (Lipinski definition) is 1. The Morgan fingerprint density at radius 3 is 3.06 bits per heavy atom. The van der Waals surface area contributed by atoms with Crippen molar-refractivity contribution in [1.82, 2.24) is 9.88 Å². The van der Waals surface area contributed by atoms with Gasteiger partial charge in [-0.25, -0.2) is 4.98 Å². The number of halogens is 1. The summed E-state index contributed by atoms with van der Waals surface area (Å²) in [6.07, 6.45) is 2.97. The van der Waals surface area contributed by atoms with Crippen LogP contribution < -0.4 is 5.73 Å². The van der Waals surface area contributed by atoms with E-state index in [1.165, 1.54) is 17.2 Å². The highest BCUT2D eigenvalue weighted by molar-refractivity contribution is 6.32. The molecular weight excluding hydrogens is 254 g/mol. The zero-order chi connectivity index (χ0) is 13.1.